The fraction of sp³-hybridized carbons (Fsp3) is 0.167. The van der Waals surface area contributed by atoms with Crippen LogP contribution in [0.4, 0.5) is 8.78 Å². The molecule has 120 valence electrons. The first-order valence-electron chi connectivity index (χ1n) is 7.31. The van der Waals surface area contributed by atoms with Crippen LogP contribution in [0.3, 0.4) is 0 Å². The molecule has 0 radical (unpaired) electrons. The summed E-state index contributed by atoms with van der Waals surface area (Å²) in [6.45, 7) is 4.25. The molecule has 0 unspecified atom stereocenters. The van der Waals surface area contributed by atoms with E-state index < -0.39 is 17.6 Å². The van der Waals surface area contributed by atoms with E-state index >= 15 is 0 Å². The summed E-state index contributed by atoms with van der Waals surface area (Å²) in [6.07, 6.45) is 1.75. The van der Waals surface area contributed by atoms with Crippen LogP contribution in [-0.4, -0.2) is 15.6 Å². The highest BCUT2D eigenvalue weighted by Gasteiger charge is 2.09. The van der Waals surface area contributed by atoms with Crippen molar-refractivity contribution < 1.29 is 18.7 Å². The Morgan fingerprint density at radius 2 is 1.83 bits per heavy atom. The van der Waals surface area contributed by atoms with E-state index in [-0.39, 0.29) is 12.1 Å². The van der Waals surface area contributed by atoms with Gasteiger partial charge in [0.15, 0.2) is 0 Å². The molecule has 23 heavy (non-hydrogen) atoms. The summed E-state index contributed by atoms with van der Waals surface area (Å²) in [5.41, 5.74) is 1.37. The second-order valence-electron chi connectivity index (χ2n) is 4.76. The number of fused-ring (bicyclic) bond motifs is 1. The van der Waals surface area contributed by atoms with Crippen LogP contribution in [0.25, 0.3) is 10.9 Å². The maximum absolute atomic E-state index is 13.7. The molecule has 2 aromatic carbocycles. The highest BCUT2D eigenvalue weighted by Crippen LogP contribution is 2.20. The molecule has 0 spiro atoms. The van der Waals surface area contributed by atoms with Gasteiger partial charge in [-0.05, 0) is 30.3 Å². The second kappa shape index (κ2) is 7.05. The quantitative estimate of drug-likeness (QED) is 0.761. The van der Waals surface area contributed by atoms with Gasteiger partial charge in [-0.25, -0.2) is 13.6 Å². The Bertz CT molecular complexity index is 840. The lowest BCUT2D eigenvalue weighted by molar-refractivity contribution is 0.0697. The lowest BCUT2D eigenvalue weighted by Crippen LogP contribution is -2.01. The van der Waals surface area contributed by atoms with Crippen LogP contribution in [-0.2, 0) is 6.54 Å². The van der Waals surface area contributed by atoms with E-state index in [1.807, 2.05) is 13.8 Å². The Labute approximate surface area is 132 Å². The van der Waals surface area contributed by atoms with E-state index in [2.05, 4.69) is 0 Å². The Hall–Kier alpha value is -2.69. The van der Waals surface area contributed by atoms with Gasteiger partial charge in [0.2, 0.25) is 0 Å². The number of benzene rings is 2. The minimum atomic E-state index is -0.991. The van der Waals surface area contributed by atoms with Gasteiger partial charge in [-0.2, -0.15) is 0 Å². The number of aromatic carboxylic acids is 1. The van der Waals surface area contributed by atoms with Crippen LogP contribution >= 0.6 is 0 Å². The van der Waals surface area contributed by atoms with E-state index in [0.717, 1.165) is 17.0 Å². The average Bonchev–Trinajstić information content (AvgIpc) is 2.94. The Morgan fingerprint density at radius 3 is 2.48 bits per heavy atom. The number of hydrogen-bond acceptors (Lipinski definition) is 1. The van der Waals surface area contributed by atoms with E-state index in [4.69, 9.17) is 5.11 Å². The summed E-state index contributed by atoms with van der Waals surface area (Å²) >= 11 is 0. The predicted molar refractivity (Wildman–Crippen MR) is 85.7 cm³/mol. The molecule has 3 nitrogen and oxygen atoms in total. The number of nitrogens with zero attached hydrogens (tertiary/aromatic N) is 1. The molecule has 0 saturated carbocycles. The second-order valence-corrected chi connectivity index (χ2v) is 4.76. The summed E-state index contributed by atoms with van der Waals surface area (Å²) < 4.78 is 28.4. The van der Waals surface area contributed by atoms with Gasteiger partial charge in [0.05, 0.1) is 12.1 Å². The molecule has 5 heteroatoms. The summed E-state index contributed by atoms with van der Waals surface area (Å²) in [4.78, 5) is 10.9. The van der Waals surface area contributed by atoms with Crippen molar-refractivity contribution in [1.29, 1.82) is 0 Å². The molecule has 0 aliphatic rings. The minimum absolute atomic E-state index is 0.202. The number of carboxylic acid groups (broad SMARTS) is 1. The van der Waals surface area contributed by atoms with Crippen molar-refractivity contribution in [3.63, 3.8) is 0 Å². The van der Waals surface area contributed by atoms with Crippen molar-refractivity contribution in [2.75, 3.05) is 0 Å². The topological polar surface area (TPSA) is 42.2 Å². The van der Waals surface area contributed by atoms with E-state index in [9.17, 15) is 13.6 Å². The van der Waals surface area contributed by atoms with Crippen molar-refractivity contribution in [2.24, 2.45) is 0 Å². The van der Waals surface area contributed by atoms with E-state index in [1.165, 1.54) is 18.2 Å². The maximum Gasteiger partial charge on any atom is 0.335 e. The third-order valence-corrected chi connectivity index (χ3v) is 3.37. The van der Waals surface area contributed by atoms with Crippen molar-refractivity contribution in [1.82, 2.24) is 4.57 Å². The Kier molecular flexibility index (Phi) is 5.11. The molecule has 0 fully saturated rings. The fourth-order valence-corrected chi connectivity index (χ4v) is 2.30. The van der Waals surface area contributed by atoms with Crippen LogP contribution < -0.4 is 0 Å². The number of carboxylic acids is 1. The summed E-state index contributed by atoms with van der Waals surface area (Å²) in [6, 6.07) is 9.99. The van der Waals surface area contributed by atoms with E-state index in [0.29, 0.717) is 5.56 Å². The van der Waals surface area contributed by atoms with Crippen LogP contribution in [0, 0.1) is 11.6 Å². The molecule has 0 aliphatic heterocycles. The van der Waals surface area contributed by atoms with Crippen molar-refractivity contribution in [3.05, 3.63) is 71.4 Å². The molecule has 0 amide bonds. The van der Waals surface area contributed by atoms with Crippen LogP contribution in [0.5, 0.6) is 0 Å². The Balaban J connectivity index is 0.000000924. The van der Waals surface area contributed by atoms with Gasteiger partial charge in [0.1, 0.15) is 11.6 Å². The first kappa shape index (κ1) is 16.7. The SMILES string of the molecule is CC.O=C(O)c1ccc2c(ccn2Cc2ccc(F)cc2F)c1. The molecule has 1 heterocycles. The number of hydrogen-bond donors (Lipinski definition) is 1. The normalized spacial score (nSPS) is 10.3. The van der Waals surface area contributed by atoms with Gasteiger partial charge >= 0.3 is 5.97 Å². The third-order valence-electron chi connectivity index (χ3n) is 3.37. The highest BCUT2D eigenvalue weighted by molar-refractivity contribution is 5.93. The molecule has 0 bridgehead atoms. The number of carbonyl (C=O) groups is 1. The zero-order valence-corrected chi connectivity index (χ0v) is 12.9. The number of aromatic nitrogens is 1. The van der Waals surface area contributed by atoms with Gasteiger partial charge in [-0.15, -0.1) is 0 Å². The van der Waals surface area contributed by atoms with Gasteiger partial charge in [-0.1, -0.05) is 19.9 Å². The smallest absolute Gasteiger partial charge is 0.335 e. The first-order chi connectivity index (χ1) is 11.0. The summed E-state index contributed by atoms with van der Waals surface area (Å²) in [5, 5.41) is 9.72. The van der Waals surface area contributed by atoms with Crippen LogP contribution in [0.15, 0.2) is 48.7 Å². The Morgan fingerprint density at radius 1 is 1.09 bits per heavy atom. The number of rotatable bonds is 3. The molecule has 0 atom stereocenters. The zero-order valence-electron chi connectivity index (χ0n) is 12.9. The average molecular weight is 317 g/mol. The largest absolute Gasteiger partial charge is 0.478 e. The lowest BCUT2D eigenvalue weighted by Gasteiger charge is -2.07. The first-order valence-corrected chi connectivity index (χ1v) is 7.31. The third kappa shape index (κ3) is 3.56. The molecule has 0 aliphatic carbocycles. The number of halogens is 2. The van der Waals surface area contributed by atoms with Crippen molar-refractivity contribution in [3.8, 4) is 0 Å². The van der Waals surface area contributed by atoms with E-state index in [1.54, 1.807) is 29.0 Å². The molecular weight excluding hydrogens is 300 g/mol. The van der Waals surface area contributed by atoms with Gasteiger partial charge < -0.3 is 9.67 Å². The van der Waals surface area contributed by atoms with Gasteiger partial charge in [0.25, 0.3) is 0 Å². The van der Waals surface area contributed by atoms with Crippen molar-refractivity contribution in [2.45, 2.75) is 20.4 Å². The standard InChI is InChI=1S/C16H11F2NO2.C2H6/c17-13-3-1-12(14(18)8-13)9-19-6-5-10-7-11(16(20)21)2-4-15(10)19;1-2/h1-8H,9H2,(H,20,21);1-2H3. The van der Waals surface area contributed by atoms with Crippen LogP contribution in [0.2, 0.25) is 0 Å². The van der Waals surface area contributed by atoms with Crippen molar-refractivity contribution >= 4 is 16.9 Å². The molecule has 3 rings (SSSR count). The van der Waals surface area contributed by atoms with Crippen LogP contribution in [0.1, 0.15) is 29.8 Å². The summed E-state index contributed by atoms with van der Waals surface area (Å²) in [5.74, 6) is -2.20. The maximum atomic E-state index is 13.7. The molecule has 0 saturated heterocycles. The molecule has 1 aromatic heterocycles. The molecular formula is C18H17F2NO2. The molecule has 1 N–H and O–H groups in total. The zero-order chi connectivity index (χ0) is 17.0. The van der Waals surface area contributed by atoms with Gasteiger partial charge in [0, 0.05) is 28.7 Å². The molecule has 3 aromatic rings. The van der Waals surface area contributed by atoms with Gasteiger partial charge in [-0.3, -0.25) is 0 Å². The monoisotopic (exact) mass is 317 g/mol. The minimum Gasteiger partial charge on any atom is -0.478 e. The lowest BCUT2D eigenvalue weighted by atomic mass is 10.1. The summed E-state index contributed by atoms with van der Waals surface area (Å²) in [7, 11) is 0. The highest BCUT2D eigenvalue weighted by atomic mass is 19.1. The fourth-order valence-electron chi connectivity index (χ4n) is 2.30. The predicted octanol–water partition coefficient (Wildman–Crippen LogP) is 4.69.